The van der Waals surface area contributed by atoms with Crippen LogP contribution in [0.25, 0.3) is 0 Å². The maximum atomic E-state index is 12.4. The number of ether oxygens (including phenoxy) is 1. The Morgan fingerprint density at radius 3 is 2.28 bits per heavy atom. The number of halogens is 3. The molecule has 5 heteroatoms. The van der Waals surface area contributed by atoms with E-state index in [1.807, 2.05) is 6.92 Å². The Hall–Kier alpha value is -1.07. The summed E-state index contributed by atoms with van der Waals surface area (Å²) >= 11 is 0. The molecular weight excluding hydrogens is 243 g/mol. The topological polar surface area (TPSA) is 21.3 Å². The fourth-order valence-electron chi connectivity index (χ4n) is 1.77. The lowest BCUT2D eigenvalue weighted by molar-refractivity contribution is -0.137. The van der Waals surface area contributed by atoms with Gasteiger partial charge < -0.3 is 10.1 Å². The van der Waals surface area contributed by atoms with Crippen LogP contribution in [0.5, 0.6) is 0 Å². The first-order valence-electron chi connectivity index (χ1n) is 5.88. The molecule has 0 spiro atoms. The zero-order chi connectivity index (χ0) is 13.6. The van der Waals surface area contributed by atoms with Crippen LogP contribution in [-0.2, 0) is 10.9 Å². The molecule has 1 unspecified atom stereocenters. The molecule has 18 heavy (non-hydrogen) atoms. The Balaban J connectivity index is 2.79. The van der Waals surface area contributed by atoms with E-state index in [4.69, 9.17) is 4.74 Å². The van der Waals surface area contributed by atoms with Crippen LogP contribution in [0.2, 0.25) is 0 Å². The number of nitrogens with one attached hydrogen (secondary N) is 1. The van der Waals surface area contributed by atoms with Crippen molar-refractivity contribution in [2.75, 3.05) is 20.3 Å². The molecule has 0 bridgehead atoms. The third kappa shape index (κ3) is 4.31. The number of alkyl halides is 3. The fraction of sp³-hybridized carbons (Fsp3) is 0.538. The van der Waals surface area contributed by atoms with E-state index in [2.05, 4.69) is 5.32 Å². The SMILES string of the molecule is CCNC(CCOC)c1ccc(C(F)(F)F)cc1. The minimum atomic E-state index is -4.28. The molecule has 0 aliphatic heterocycles. The molecule has 2 nitrogen and oxygen atoms in total. The van der Waals surface area contributed by atoms with Gasteiger partial charge in [0.25, 0.3) is 0 Å². The molecule has 0 amide bonds. The number of rotatable bonds is 6. The summed E-state index contributed by atoms with van der Waals surface area (Å²) in [4.78, 5) is 0. The highest BCUT2D eigenvalue weighted by Gasteiger charge is 2.30. The van der Waals surface area contributed by atoms with Gasteiger partial charge in [-0.3, -0.25) is 0 Å². The van der Waals surface area contributed by atoms with Crippen LogP contribution >= 0.6 is 0 Å². The number of methoxy groups -OCH3 is 1. The standard InChI is InChI=1S/C13H18F3NO/c1-3-17-12(8-9-18-2)10-4-6-11(7-5-10)13(14,15)16/h4-7,12,17H,3,8-9H2,1-2H3. The van der Waals surface area contributed by atoms with Gasteiger partial charge in [0.1, 0.15) is 0 Å². The number of benzene rings is 1. The minimum Gasteiger partial charge on any atom is -0.385 e. The van der Waals surface area contributed by atoms with E-state index in [0.717, 1.165) is 30.7 Å². The summed E-state index contributed by atoms with van der Waals surface area (Å²) in [6.07, 6.45) is -3.55. The second kappa shape index (κ2) is 6.75. The fourth-order valence-corrected chi connectivity index (χ4v) is 1.77. The highest BCUT2D eigenvalue weighted by atomic mass is 19.4. The molecule has 1 aromatic rings. The molecule has 0 saturated carbocycles. The monoisotopic (exact) mass is 261 g/mol. The van der Waals surface area contributed by atoms with Crippen molar-refractivity contribution in [2.45, 2.75) is 25.6 Å². The van der Waals surface area contributed by atoms with Crippen LogP contribution in [0.1, 0.15) is 30.5 Å². The first-order valence-corrected chi connectivity index (χ1v) is 5.88. The molecule has 0 aliphatic rings. The van der Waals surface area contributed by atoms with Gasteiger partial charge in [-0.25, -0.2) is 0 Å². The number of hydrogen-bond donors (Lipinski definition) is 1. The average Bonchev–Trinajstić information content (AvgIpc) is 2.33. The number of hydrogen-bond acceptors (Lipinski definition) is 2. The van der Waals surface area contributed by atoms with Crippen molar-refractivity contribution in [1.29, 1.82) is 0 Å². The minimum absolute atomic E-state index is 0.0252. The lowest BCUT2D eigenvalue weighted by Crippen LogP contribution is -2.22. The molecular formula is C13H18F3NO. The first kappa shape index (κ1) is 15.0. The lowest BCUT2D eigenvalue weighted by Gasteiger charge is -2.18. The Labute approximate surface area is 105 Å². The second-order valence-corrected chi connectivity index (χ2v) is 4.01. The van der Waals surface area contributed by atoms with Gasteiger partial charge in [0, 0.05) is 19.8 Å². The van der Waals surface area contributed by atoms with Gasteiger partial charge >= 0.3 is 6.18 Å². The van der Waals surface area contributed by atoms with Crippen LogP contribution in [0.4, 0.5) is 13.2 Å². The van der Waals surface area contributed by atoms with Gasteiger partial charge in [-0.05, 0) is 30.7 Å². The molecule has 0 saturated heterocycles. The maximum Gasteiger partial charge on any atom is 0.416 e. The predicted molar refractivity (Wildman–Crippen MR) is 64.4 cm³/mol. The van der Waals surface area contributed by atoms with Crippen molar-refractivity contribution < 1.29 is 17.9 Å². The molecule has 1 N–H and O–H groups in total. The van der Waals surface area contributed by atoms with Crippen LogP contribution in [0, 0.1) is 0 Å². The van der Waals surface area contributed by atoms with E-state index in [0.29, 0.717) is 6.61 Å². The van der Waals surface area contributed by atoms with Crippen LogP contribution in [0.3, 0.4) is 0 Å². The third-order valence-corrected chi connectivity index (χ3v) is 2.70. The molecule has 102 valence electrons. The molecule has 0 fully saturated rings. The average molecular weight is 261 g/mol. The van der Waals surface area contributed by atoms with E-state index in [9.17, 15) is 13.2 Å². The maximum absolute atomic E-state index is 12.4. The van der Waals surface area contributed by atoms with E-state index < -0.39 is 11.7 Å². The summed E-state index contributed by atoms with van der Waals surface area (Å²) in [5.74, 6) is 0. The van der Waals surface area contributed by atoms with E-state index in [1.165, 1.54) is 12.1 Å². The normalized spacial score (nSPS) is 13.6. The summed E-state index contributed by atoms with van der Waals surface area (Å²) < 4.78 is 42.3. The molecule has 1 atom stereocenters. The second-order valence-electron chi connectivity index (χ2n) is 4.01. The van der Waals surface area contributed by atoms with Crippen molar-refractivity contribution in [2.24, 2.45) is 0 Å². The molecule has 0 radical (unpaired) electrons. The van der Waals surface area contributed by atoms with Crippen LogP contribution in [0.15, 0.2) is 24.3 Å². The van der Waals surface area contributed by atoms with Gasteiger partial charge in [-0.1, -0.05) is 19.1 Å². The van der Waals surface area contributed by atoms with Crippen LogP contribution in [-0.4, -0.2) is 20.3 Å². The van der Waals surface area contributed by atoms with E-state index >= 15 is 0 Å². The van der Waals surface area contributed by atoms with Crippen molar-refractivity contribution in [1.82, 2.24) is 5.32 Å². The first-order chi connectivity index (χ1) is 8.49. The highest BCUT2D eigenvalue weighted by Crippen LogP contribution is 2.30. The molecule has 0 aliphatic carbocycles. The summed E-state index contributed by atoms with van der Waals surface area (Å²) in [5, 5.41) is 3.23. The quantitative estimate of drug-likeness (QED) is 0.847. The highest BCUT2D eigenvalue weighted by molar-refractivity contribution is 5.26. The van der Waals surface area contributed by atoms with Gasteiger partial charge in [0.15, 0.2) is 0 Å². The van der Waals surface area contributed by atoms with Gasteiger partial charge in [0.05, 0.1) is 5.56 Å². The Morgan fingerprint density at radius 2 is 1.83 bits per heavy atom. The zero-order valence-electron chi connectivity index (χ0n) is 10.6. The Kier molecular flexibility index (Phi) is 5.62. The third-order valence-electron chi connectivity index (χ3n) is 2.70. The summed E-state index contributed by atoms with van der Waals surface area (Å²) in [7, 11) is 1.61. The zero-order valence-corrected chi connectivity index (χ0v) is 10.6. The Morgan fingerprint density at radius 1 is 1.22 bits per heavy atom. The Bertz CT molecular complexity index is 348. The van der Waals surface area contributed by atoms with Crippen molar-refractivity contribution >= 4 is 0 Å². The molecule has 1 rings (SSSR count). The smallest absolute Gasteiger partial charge is 0.385 e. The summed E-state index contributed by atoms with van der Waals surface area (Å²) in [6.45, 7) is 3.29. The summed E-state index contributed by atoms with van der Waals surface area (Å²) in [6, 6.07) is 5.30. The molecule has 0 aromatic heterocycles. The van der Waals surface area contributed by atoms with Gasteiger partial charge in [-0.2, -0.15) is 13.2 Å². The predicted octanol–water partition coefficient (Wildman–Crippen LogP) is 3.39. The van der Waals surface area contributed by atoms with Crippen LogP contribution < -0.4 is 5.32 Å². The van der Waals surface area contributed by atoms with Crippen molar-refractivity contribution in [3.05, 3.63) is 35.4 Å². The van der Waals surface area contributed by atoms with Crippen molar-refractivity contribution in [3.63, 3.8) is 0 Å². The summed E-state index contributed by atoms with van der Waals surface area (Å²) in [5.41, 5.74) is 0.232. The van der Waals surface area contributed by atoms with E-state index in [1.54, 1.807) is 7.11 Å². The largest absolute Gasteiger partial charge is 0.416 e. The lowest BCUT2D eigenvalue weighted by atomic mass is 10.0. The molecule has 1 aromatic carbocycles. The van der Waals surface area contributed by atoms with E-state index in [-0.39, 0.29) is 6.04 Å². The van der Waals surface area contributed by atoms with Crippen molar-refractivity contribution in [3.8, 4) is 0 Å². The van der Waals surface area contributed by atoms with Gasteiger partial charge in [0.2, 0.25) is 0 Å². The molecule has 0 heterocycles. The van der Waals surface area contributed by atoms with Gasteiger partial charge in [-0.15, -0.1) is 0 Å².